The number of carbonyl (C=O) groups is 1. The highest BCUT2D eigenvalue weighted by atomic mass is 19.1. The van der Waals surface area contributed by atoms with Gasteiger partial charge in [-0.3, -0.25) is 0 Å². The third-order valence-electron chi connectivity index (χ3n) is 4.24. The van der Waals surface area contributed by atoms with E-state index >= 15 is 0 Å². The van der Waals surface area contributed by atoms with Crippen molar-refractivity contribution in [1.29, 1.82) is 0 Å². The number of anilines is 1. The second kappa shape index (κ2) is 6.61. The average molecular weight is 328 g/mol. The SMILES string of the molecule is CC1(C)COC(c2ccccc2F)CN1C(=O)Nc1ccccc1. The maximum absolute atomic E-state index is 14.0. The molecule has 2 amide bonds. The Morgan fingerprint density at radius 3 is 2.54 bits per heavy atom. The van der Waals surface area contributed by atoms with Crippen molar-refractivity contribution in [3.05, 3.63) is 66.0 Å². The molecule has 1 saturated heterocycles. The van der Waals surface area contributed by atoms with Crippen molar-refractivity contribution in [2.75, 3.05) is 18.5 Å². The maximum Gasteiger partial charge on any atom is 0.322 e. The summed E-state index contributed by atoms with van der Waals surface area (Å²) in [4.78, 5) is 14.4. The number of nitrogens with one attached hydrogen (secondary N) is 1. The maximum atomic E-state index is 14.0. The van der Waals surface area contributed by atoms with Crippen LogP contribution < -0.4 is 5.32 Å². The van der Waals surface area contributed by atoms with E-state index in [2.05, 4.69) is 5.32 Å². The first-order chi connectivity index (χ1) is 11.5. The van der Waals surface area contributed by atoms with Crippen LogP contribution in [0.4, 0.5) is 14.9 Å². The highest BCUT2D eigenvalue weighted by Crippen LogP contribution is 2.31. The summed E-state index contributed by atoms with van der Waals surface area (Å²) in [5, 5.41) is 2.89. The second-order valence-corrected chi connectivity index (χ2v) is 6.54. The van der Waals surface area contributed by atoms with Gasteiger partial charge in [0, 0.05) is 11.3 Å². The van der Waals surface area contributed by atoms with Gasteiger partial charge in [-0.15, -0.1) is 0 Å². The lowest BCUT2D eigenvalue weighted by molar-refractivity contribution is -0.0795. The van der Waals surface area contributed by atoms with Crippen molar-refractivity contribution in [3.8, 4) is 0 Å². The van der Waals surface area contributed by atoms with Crippen molar-refractivity contribution >= 4 is 11.7 Å². The second-order valence-electron chi connectivity index (χ2n) is 6.54. The first-order valence-electron chi connectivity index (χ1n) is 7.97. The first-order valence-corrected chi connectivity index (χ1v) is 7.97. The van der Waals surface area contributed by atoms with E-state index < -0.39 is 11.6 Å². The molecular weight excluding hydrogens is 307 g/mol. The van der Waals surface area contributed by atoms with E-state index in [9.17, 15) is 9.18 Å². The smallest absolute Gasteiger partial charge is 0.322 e. The van der Waals surface area contributed by atoms with Crippen LogP contribution in [0.25, 0.3) is 0 Å². The fourth-order valence-corrected chi connectivity index (χ4v) is 2.84. The molecule has 2 aromatic carbocycles. The van der Waals surface area contributed by atoms with Crippen LogP contribution in [0.3, 0.4) is 0 Å². The molecular formula is C19H21FN2O2. The van der Waals surface area contributed by atoms with Crippen molar-refractivity contribution in [1.82, 2.24) is 4.90 Å². The van der Waals surface area contributed by atoms with Crippen LogP contribution in [0.15, 0.2) is 54.6 Å². The number of ether oxygens (including phenoxy) is 1. The zero-order chi connectivity index (χ0) is 17.2. The van der Waals surface area contributed by atoms with E-state index in [0.717, 1.165) is 5.69 Å². The monoisotopic (exact) mass is 328 g/mol. The fourth-order valence-electron chi connectivity index (χ4n) is 2.84. The predicted octanol–water partition coefficient (Wildman–Crippen LogP) is 4.21. The van der Waals surface area contributed by atoms with Gasteiger partial charge in [-0.05, 0) is 32.0 Å². The van der Waals surface area contributed by atoms with E-state index in [1.54, 1.807) is 23.1 Å². The highest BCUT2D eigenvalue weighted by molar-refractivity contribution is 5.89. The summed E-state index contributed by atoms with van der Waals surface area (Å²) in [7, 11) is 0. The van der Waals surface area contributed by atoms with Crippen LogP contribution in [0.2, 0.25) is 0 Å². The summed E-state index contributed by atoms with van der Waals surface area (Å²) in [5.74, 6) is -0.314. The topological polar surface area (TPSA) is 41.6 Å². The molecule has 0 spiro atoms. The average Bonchev–Trinajstić information content (AvgIpc) is 2.56. The van der Waals surface area contributed by atoms with Crippen molar-refractivity contribution < 1.29 is 13.9 Å². The van der Waals surface area contributed by atoms with E-state index in [0.29, 0.717) is 18.7 Å². The molecule has 24 heavy (non-hydrogen) atoms. The summed E-state index contributed by atoms with van der Waals surface area (Å²) in [6.45, 7) is 4.52. The minimum atomic E-state index is -0.472. The van der Waals surface area contributed by atoms with Crippen LogP contribution in [0.1, 0.15) is 25.5 Å². The summed E-state index contributed by atoms with van der Waals surface area (Å²) in [5.41, 5.74) is 0.735. The van der Waals surface area contributed by atoms with Crippen molar-refractivity contribution in [2.45, 2.75) is 25.5 Å². The first kappa shape index (κ1) is 16.5. The number of rotatable bonds is 2. The number of morpholine rings is 1. The number of hydrogen-bond acceptors (Lipinski definition) is 2. The lowest BCUT2D eigenvalue weighted by atomic mass is 9.98. The minimum Gasteiger partial charge on any atom is -0.369 e. The molecule has 0 aliphatic carbocycles. The Kier molecular flexibility index (Phi) is 4.53. The number of para-hydroxylation sites is 1. The number of benzene rings is 2. The molecule has 2 aromatic rings. The molecule has 0 radical (unpaired) electrons. The van der Waals surface area contributed by atoms with Crippen LogP contribution in [-0.2, 0) is 4.74 Å². The molecule has 0 saturated carbocycles. The zero-order valence-corrected chi connectivity index (χ0v) is 13.8. The molecule has 0 aromatic heterocycles. The van der Waals surface area contributed by atoms with Crippen LogP contribution in [0, 0.1) is 5.82 Å². The number of nitrogens with zero attached hydrogens (tertiary/aromatic N) is 1. The molecule has 1 aliphatic heterocycles. The van der Waals surface area contributed by atoms with E-state index in [1.165, 1.54) is 6.07 Å². The number of hydrogen-bond donors (Lipinski definition) is 1. The Morgan fingerprint density at radius 1 is 1.17 bits per heavy atom. The molecule has 1 heterocycles. The third-order valence-corrected chi connectivity index (χ3v) is 4.24. The molecule has 1 unspecified atom stereocenters. The van der Waals surface area contributed by atoms with Crippen LogP contribution in [-0.4, -0.2) is 29.6 Å². The van der Waals surface area contributed by atoms with E-state index in [1.807, 2.05) is 44.2 Å². The Morgan fingerprint density at radius 2 is 1.83 bits per heavy atom. The number of amides is 2. The van der Waals surface area contributed by atoms with Gasteiger partial charge in [0.2, 0.25) is 0 Å². The number of urea groups is 1. The van der Waals surface area contributed by atoms with Gasteiger partial charge in [0.05, 0.1) is 18.7 Å². The van der Waals surface area contributed by atoms with Crippen molar-refractivity contribution in [2.24, 2.45) is 0 Å². The minimum absolute atomic E-state index is 0.212. The summed E-state index contributed by atoms with van der Waals surface area (Å²) in [6, 6.07) is 15.6. The molecule has 1 fully saturated rings. The number of halogens is 1. The Hall–Kier alpha value is -2.40. The van der Waals surface area contributed by atoms with E-state index in [-0.39, 0.29) is 11.8 Å². The summed E-state index contributed by atoms with van der Waals surface area (Å²) < 4.78 is 19.9. The Balaban J connectivity index is 1.79. The fraction of sp³-hybridized carbons (Fsp3) is 0.316. The van der Waals surface area contributed by atoms with Gasteiger partial charge < -0.3 is 15.0 Å². The molecule has 1 aliphatic rings. The third kappa shape index (κ3) is 3.41. The van der Waals surface area contributed by atoms with Crippen LogP contribution >= 0.6 is 0 Å². The highest BCUT2D eigenvalue weighted by Gasteiger charge is 2.39. The normalized spacial score (nSPS) is 19.8. The molecule has 3 rings (SSSR count). The molecule has 4 nitrogen and oxygen atoms in total. The van der Waals surface area contributed by atoms with E-state index in [4.69, 9.17) is 4.74 Å². The lowest BCUT2D eigenvalue weighted by Crippen LogP contribution is -2.57. The molecule has 5 heteroatoms. The standard InChI is InChI=1S/C19H21FN2O2/c1-19(2)13-24-17(15-10-6-7-11-16(15)20)12-22(19)18(23)21-14-8-4-3-5-9-14/h3-11,17H,12-13H2,1-2H3,(H,21,23). The molecule has 1 atom stereocenters. The van der Waals surface area contributed by atoms with Gasteiger partial charge in [-0.1, -0.05) is 36.4 Å². The van der Waals surface area contributed by atoms with Gasteiger partial charge in [-0.25, -0.2) is 9.18 Å². The van der Waals surface area contributed by atoms with Crippen molar-refractivity contribution in [3.63, 3.8) is 0 Å². The summed E-state index contributed by atoms with van der Waals surface area (Å²) >= 11 is 0. The van der Waals surface area contributed by atoms with Gasteiger partial charge >= 0.3 is 6.03 Å². The molecule has 1 N–H and O–H groups in total. The predicted molar refractivity (Wildman–Crippen MR) is 91.3 cm³/mol. The van der Waals surface area contributed by atoms with Gasteiger partial charge in [0.1, 0.15) is 11.9 Å². The summed E-state index contributed by atoms with van der Waals surface area (Å²) in [6.07, 6.45) is -0.472. The molecule has 0 bridgehead atoms. The Labute approximate surface area is 141 Å². The van der Waals surface area contributed by atoms with Gasteiger partial charge in [0.15, 0.2) is 0 Å². The Bertz CT molecular complexity index is 718. The molecule has 126 valence electrons. The van der Waals surface area contributed by atoms with Gasteiger partial charge in [-0.2, -0.15) is 0 Å². The zero-order valence-electron chi connectivity index (χ0n) is 13.8. The number of carbonyl (C=O) groups excluding carboxylic acids is 1. The van der Waals surface area contributed by atoms with Gasteiger partial charge in [0.25, 0.3) is 0 Å². The quantitative estimate of drug-likeness (QED) is 0.897. The lowest BCUT2D eigenvalue weighted by Gasteiger charge is -2.45. The van der Waals surface area contributed by atoms with Crippen LogP contribution in [0.5, 0.6) is 0 Å². The largest absolute Gasteiger partial charge is 0.369 e.